The zero-order valence-electron chi connectivity index (χ0n) is 13.6. The molecule has 4 heteroatoms. The van der Waals surface area contributed by atoms with Crippen LogP contribution in [0.15, 0.2) is 11.1 Å². The van der Waals surface area contributed by atoms with Crippen LogP contribution in [0.25, 0.3) is 0 Å². The van der Waals surface area contributed by atoms with Crippen molar-refractivity contribution >= 4 is 11.8 Å². The molecule has 2 aliphatic carbocycles. The summed E-state index contributed by atoms with van der Waals surface area (Å²) in [6.45, 7) is 8.92. The van der Waals surface area contributed by atoms with Crippen molar-refractivity contribution in [1.29, 1.82) is 0 Å². The maximum Gasteiger partial charge on any atom is 0.302 e. The van der Waals surface area contributed by atoms with Crippen LogP contribution < -0.4 is 0 Å². The number of hydrogen-bond acceptors (Lipinski definition) is 4. The molecular formula is C17H26O4. The zero-order valence-corrected chi connectivity index (χ0v) is 13.6. The molecule has 0 aromatic carbocycles. The van der Waals surface area contributed by atoms with E-state index in [1.165, 1.54) is 6.92 Å². The molecule has 4 nitrogen and oxygen atoms in total. The summed E-state index contributed by atoms with van der Waals surface area (Å²) in [4.78, 5) is 23.4. The number of hydrogen-bond donors (Lipinski definition) is 1. The third-order valence-electron chi connectivity index (χ3n) is 5.16. The Balaban J connectivity index is 2.39. The number of aliphatic hydroxyl groups is 1. The quantitative estimate of drug-likeness (QED) is 0.795. The molecule has 1 saturated carbocycles. The maximum atomic E-state index is 12.0. The fourth-order valence-corrected chi connectivity index (χ4v) is 3.89. The van der Waals surface area contributed by atoms with Gasteiger partial charge in [-0.2, -0.15) is 0 Å². The van der Waals surface area contributed by atoms with Crippen molar-refractivity contribution in [2.45, 2.75) is 65.6 Å². The SMILES string of the molecule is CC(=O)OC1CC(C)[C@H]2CC(=O)C(C)=C2CC1C(C)(C)O. The predicted molar refractivity (Wildman–Crippen MR) is 79.6 cm³/mol. The van der Waals surface area contributed by atoms with E-state index >= 15 is 0 Å². The normalized spacial score (nSPS) is 33.7. The summed E-state index contributed by atoms with van der Waals surface area (Å²) in [5.41, 5.74) is 1.06. The van der Waals surface area contributed by atoms with E-state index in [0.29, 0.717) is 19.3 Å². The molecule has 0 aliphatic heterocycles. The third-order valence-corrected chi connectivity index (χ3v) is 5.16. The predicted octanol–water partition coefficient (Wildman–Crippen LogP) is 2.64. The van der Waals surface area contributed by atoms with Gasteiger partial charge in [-0.3, -0.25) is 9.59 Å². The molecule has 0 radical (unpaired) electrons. The summed E-state index contributed by atoms with van der Waals surface area (Å²) in [5.74, 6) is 0.253. The van der Waals surface area contributed by atoms with Crippen molar-refractivity contribution in [1.82, 2.24) is 0 Å². The van der Waals surface area contributed by atoms with Gasteiger partial charge in [0.05, 0.1) is 5.60 Å². The molecule has 0 bridgehead atoms. The third kappa shape index (κ3) is 3.20. The molecule has 118 valence electrons. The Bertz CT molecular complexity index is 484. The average Bonchev–Trinajstić information content (AvgIpc) is 2.51. The second-order valence-corrected chi connectivity index (χ2v) is 7.21. The van der Waals surface area contributed by atoms with Gasteiger partial charge in [-0.05, 0) is 51.0 Å². The lowest BCUT2D eigenvalue weighted by molar-refractivity contribution is -0.155. The Morgan fingerprint density at radius 3 is 2.48 bits per heavy atom. The van der Waals surface area contributed by atoms with Crippen LogP contribution in [0.1, 0.15) is 53.9 Å². The van der Waals surface area contributed by atoms with Crippen molar-refractivity contribution in [3.05, 3.63) is 11.1 Å². The van der Waals surface area contributed by atoms with E-state index in [1.807, 2.05) is 6.92 Å². The molecule has 2 rings (SSSR count). The number of fused-ring (bicyclic) bond motifs is 1. The number of rotatable bonds is 2. The van der Waals surface area contributed by atoms with Gasteiger partial charge in [-0.25, -0.2) is 0 Å². The van der Waals surface area contributed by atoms with Crippen molar-refractivity contribution in [3.8, 4) is 0 Å². The summed E-state index contributed by atoms with van der Waals surface area (Å²) in [6, 6.07) is 0. The van der Waals surface area contributed by atoms with Gasteiger partial charge in [-0.15, -0.1) is 0 Å². The zero-order chi connectivity index (χ0) is 15.9. The Kier molecular flexibility index (Phi) is 4.29. The number of allylic oxidation sites excluding steroid dienone is 2. The summed E-state index contributed by atoms with van der Waals surface area (Å²) < 4.78 is 5.50. The molecule has 0 aromatic heterocycles. The fraction of sp³-hybridized carbons (Fsp3) is 0.765. The molecule has 0 spiro atoms. The molecule has 1 fully saturated rings. The molecule has 0 aromatic rings. The van der Waals surface area contributed by atoms with Gasteiger partial charge in [0.2, 0.25) is 0 Å². The summed E-state index contributed by atoms with van der Waals surface area (Å²) in [6.07, 6.45) is 1.60. The highest BCUT2D eigenvalue weighted by Gasteiger charge is 2.45. The molecule has 21 heavy (non-hydrogen) atoms. The highest BCUT2D eigenvalue weighted by Crippen LogP contribution is 2.46. The Morgan fingerprint density at radius 1 is 1.33 bits per heavy atom. The minimum Gasteiger partial charge on any atom is -0.462 e. The number of Topliss-reactive ketones (excluding diaryl/α,β-unsaturated/α-hetero) is 1. The number of ketones is 1. The number of esters is 1. The van der Waals surface area contributed by atoms with Crippen molar-refractivity contribution < 1.29 is 19.4 Å². The van der Waals surface area contributed by atoms with Crippen molar-refractivity contribution in [2.75, 3.05) is 0 Å². The average molecular weight is 294 g/mol. The number of carbonyl (C=O) groups excluding carboxylic acids is 2. The number of ether oxygens (including phenoxy) is 1. The highest BCUT2D eigenvalue weighted by atomic mass is 16.5. The number of carbonyl (C=O) groups is 2. The van der Waals surface area contributed by atoms with Crippen molar-refractivity contribution in [3.63, 3.8) is 0 Å². The van der Waals surface area contributed by atoms with Gasteiger partial charge in [0, 0.05) is 19.3 Å². The monoisotopic (exact) mass is 294 g/mol. The molecule has 4 atom stereocenters. The first-order valence-electron chi connectivity index (χ1n) is 7.73. The second-order valence-electron chi connectivity index (χ2n) is 7.21. The van der Waals surface area contributed by atoms with E-state index in [2.05, 4.69) is 6.92 Å². The van der Waals surface area contributed by atoms with Crippen LogP contribution in [0.4, 0.5) is 0 Å². The lowest BCUT2D eigenvalue weighted by atomic mass is 9.81. The molecular weight excluding hydrogens is 268 g/mol. The first-order chi connectivity index (χ1) is 9.61. The molecule has 3 unspecified atom stereocenters. The Hall–Kier alpha value is -1.16. The molecule has 1 N–H and O–H groups in total. The standard InChI is InChI=1S/C17H26O4/c1-9-6-16(21-11(3)18)14(17(4,5)20)7-13-10(2)15(19)8-12(9)13/h9,12,14,16,20H,6-8H2,1-5H3/t9?,12-,14?,16?/m1/s1. The first kappa shape index (κ1) is 16.2. The van der Waals surface area contributed by atoms with Crippen LogP contribution in [0.2, 0.25) is 0 Å². The van der Waals surface area contributed by atoms with Crippen molar-refractivity contribution in [2.24, 2.45) is 17.8 Å². The van der Waals surface area contributed by atoms with Crippen LogP contribution in [0, 0.1) is 17.8 Å². The van der Waals surface area contributed by atoms with Crippen LogP contribution in [0.5, 0.6) is 0 Å². The van der Waals surface area contributed by atoms with E-state index in [-0.39, 0.29) is 35.6 Å². The van der Waals surface area contributed by atoms with Gasteiger partial charge in [0.1, 0.15) is 6.10 Å². The van der Waals surface area contributed by atoms with Crippen LogP contribution in [-0.4, -0.2) is 28.6 Å². The van der Waals surface area contributed by atoms with E-state index in [4.69, 9.17) is 4.74 Å². The molecule has 0 amide bonds. The summed E-state index contributed by atoms with van der Waals surface area (Å²) in [5, 5.41) is 10.5. The van der Waals surface area contributed by atoms with Crippen LogP contribution in [0.3, 0.4) is 0 Å². The molecule has 2 aliphatic rings. The van der Waals surface area contributed by atoms with Gasteiger partial charge in [0.25, 0.3) is 0 Å². The summed E-state index contributed by atoms with van der Waals surface area (Å²) in [7, 11) is 0. The fourth-order valence-electron chi connectivity index (χ4n) is 3.89. The van der Waals surface area contributed by atoms with Gasteiger partial charge in [-0.1, -0.05) is 12.5 Å². The van der Waals surface area contributed by atoms with E-state index < -0.39 is 5.60 Å². The molecule has 0 heterocycles. The Morgan fingerprint density at radius 2 is 1.95 bits per heavy atom. The topological polar surface area (TPSA) is 63.6 Å². The minimum atomic E-state index is -0.951. The highest BCUT2D eigenvalue weighted by molar-refractivity contribution is 5.98. The van der Waals surface area contributed by atoms with E-state index in [1.54, 1.807) is 13.8 Å². The van der Waals surface area contributed by atoms with Crippen LogP contribution >= 0.6 is 0 Å². The smallest absolute Gasteiger partial charge is 0.302 e. The molecule has 0 saturated heterocycles. The van der Waals surface area contributed by atoms with Gasteiger partial charge < -0.3 is 9.84 Å². The van der Waals surface area contributed by atoms with E-state index in [9.17, 15) is 14.7 Å². The van der Waals surface area contributed by atoms with E-state index in [0.717, 1.165) is 11.1 Å². The first-order valence-corrected chi connectivity index (χ1v) is 7.73. The summed E-state index contributed by atoms with van der Waals surface area (Å²) >= 11 is 0. The van der Waals surface area contributed by atoms with Gasteiger partial charge >= 0.3 is 5.97 Å². The minimum absolute atomic E-state index is 0.176. The van der Waals surface area contributed by atoms with Crippen LogP contribution in [-0.2, 0) is 14.3 Å². The largest absolute Gasteiger partial charge is 0.462 e. The lowest BCUT2D eigenvalue weighted by Crippen LogP contribution is -2.41. The second kappa shape index (κ2) is 5.56. The Labute approximate surface area is 126 Å². The lowest BCUT2D eigenvalue weighted by Gasteiger charge is -2.34. The maximum absolute atomic E-state index is 12.0. The van der Waals surface area contributed by atoms with Gasteiger partial charge in [0.15, 0.2) is 5.78 Å².